The van der Waals surface area contributed by atoms with Crippen molar-refractivity contribution in [2.45, 2.75) is 89.8 Å². The number of carboxylic acids is 1. The number of carbonyl (C=O) groups is 2. The van der Waals surface area contributed by atoms with Gasteiger partial charge in [-0.15, -0.1) is 0 Å². The Labute approximate surface area is 209 Å². The summed E-state index contributed by atoms with van der Waals surface area (Å²) in [6, 6.07) is 1.53. The molecule has 3 fully saturated rings. The molecule has 36 heavy (non-hydrogen) atoms. The number of aryl methyl sites for hydroxylation is 1. The summed E-state index contributed by atoms with van der Waals surface area (Å²) in [6.07, 6.45) is 6.13. The normalized spacial score (nSPS) is 20.5. The Bertz CT molecular complexity index is 1290. The number of pyridine rings is 2. The highest BCUT2D eigenvalue weighted by Gasteiger charge is 2.41. The lowest BCUT2D eigenvalue weighted by atomic mass is 9.99. The second kappa shape index (κ2) is 8.78. The Morgan fingerprint density at radius 2 is 1.83 bits per heavy atom. The van der Waals surface area contributed by atoms with Gasteiger partial charge in [0.25, 0.3) is 5.56 Å². The first-order chi connectivity index (χ1) is 17.0. The smallest absolute Gasteiger partial charge is 0.410 e. The summed E-state index contributed by atoms with van der Waals surface area (Å²) in [4.78, 5) is 41.5. The Morgan fingerprint density at radius 1 is 1.14 bits per heavy atom. The van der Waals surface area contributed by atoms with E-state index in [9.17, 15) is 19.5 Å². The van der Waals surface area contributed by atoms with Crippen LogP contribution >= 0.6 is 0 Å². The molecule has 5 rings (SSSR count). The molecule has 2 aliphatic carbocycles. The van der Waals surface area contributed by atoms with Crippen molar-refractivity contribution in [1.29, 1.82) is 0 Å². The number of ether oxygens (including phenoxy) is 1. The van der Waals surface area contributed by atoms with Crippen molar-refractivity contribution in [1.82, 2.24) is 9.30 Å². The number of nitrogens with zero attached hydrogens (tertiary/aromatic N) is 3. The summed E-state index contributed by atoms with van der Waals surface area (Å²) in [5, 5.41) is 9.54. The van der Waals surface area contributed by atoms with Crippen LogP contribution in [0.3, 0.4) is 0 Å². The van der Waals surface area contributed by atoms with Gasteiger partial charge in [0.2, 0.25) is 0 Å². The fourth-order valence-corrected chi connectivity index (χ4v) is 5.54. The van der Waals surface area contributed by atoms with Gasteiger partial charge in [-0.2, -0.15) is 0 Å². The minimum atomic E-state index is -1.31. The number of halogens is 1. The molecule has 2 saturated carbocycles. The number of aromatic carboxylic acids is 1. The van der Waals surface area contributed by atoms with Crippen LogP contribution in [0.15, 0.2) is 17.1 Å². The summed E-state index contributed by atoms with van der Waals surface area (Å²) in [5.74, 6) is -1.70. The first kappa shape index (κ1) is 24.6. The Hall–Kier alpha value is -3.10. The first-order valence-electron chi connectivity index (χ1n) is 12.8. The molecular formula is C27H34FN3O5. The van der Waals surface area contributed by atoms with E-state index in [1.54, 1.807) is 6.92 Å². The lowest BCUT2D eigenvalue weighted by Gasteiger charge is -2.41. The van der Waals surface area contributed by atoms with Gasteiger partial charge in [-0.25, -0.2) is 14.0 Å². The fourth-order valence-electron chi connectivity index (χ4n) is 5.54. The van der Waals surface area contributed by atoms with E-state index < -0.39 is 22.9 Å². The van der Waals surface area contributed by atoms with Gasteiger partial charge in [-0.3, -0.25) is 9.20 Å². The van der Waals surface area contributed by atoms with Crippen molar-refractivity contribution < 1.29 is 23.8 Å². The lowest BCUT2D eigenvalue weighted by molar-refractivity contribution is 0.0124. The second-order valence-electron chi connectivity index (χ2n) is 11.4. The van der Waals surface area contributed by atoms with Crippen molar-refractivity contribution >= 4 is 23.3 Å². The Balaban J connectivity index is 1.54. The largest absolute Gasteiger partial charge is 0.477 e. The SMILES string of the molecule is Cc1c(N2CCC[C@H](N(C(=O)OC(C)(C)C)C3CC3)C2)c(F)cn2c(=O)c(C(=O)O)cc(C3CC3)c12. The maximum atomic E-state index is 15.7. The number of hydrogen-bond donors (Lipinski definition) is 1. The minimum absolute atomic E-state index is 0.101. The molecule has 2 aromatic rings. The third-order valence-corrected chi connectivity index (χ3v) is 7.34. The summed E-state index contributed by atoms with van der Waals surface area (Å²) in [5.41, 5.74) is 0.768. The topological polar surface area (TPSA) is 91.6 Å². The molecule has 1 amide bonds. The van der Waals surface area contributed by atoms with E-state index in [2.05, 4.69) is 0 Å². The average molecular weight is 500 g/mol. The highest BCUT2D eigenvalue weighted by molar-refractivity contribution is 5.89. The Kier molecular flexibility index (Phi) is 6.00. The molecule has 1 aliphatic heterocycles. The number of piperidine rings is 1. The van der Waals surface area contributed by atoms with E-state index in [1.807, 2.05) is 30.6 Å². The number of amides is 1. The summed E-state index contributed by atoms with van der Waals surface area (Å²) >= 11 is 0. The number of carboxylic acid groups (broad SMARTS) is 1. The van der Waals surface area contributed by atoms with Gasteiger partial charge in [0.1, 0.15) is 11.2 Å². The highest BCUT2D eigenvalue weighted by Crippen LogP contribution is 2.44. The molecule has 8 nitrogen and oxygen atoms in total. The van der Waals surface area contributed by atoms with Gasteiger partial charge in [-0.1, -0.05) is 0 Å². The van der Waals surface area contributed by atoms with Crippen LogP contribution in [0.2, 0.25) is 0 Å². The van der Waals surface area contributed by atoms with E-state index in [0.717, 1.165) is 50.3 Å². The lowest BCUT2D eigenvalue weighted by Crippen LogP contribution is -2.52. The number of carbonyl (C=O) groups excluding carboxylic acids is 1. The summed E-state index contributed by atoms with van der Waals surface area (Å²) in [7, 11) is 0. The van der Waals surface area contributed by atoms with Gasteiger partial charge < -0.3 is 19.6 Å². The molecular weight excluding hydrogens is 465 g/mol. The van der Waals surface area contributed by atoms with Crippen molar-refractivity contribution in [3.63, 3.8) is 0 Å². The number of rotatable bonds is 5. The van der Waals surface area contributed by atoms with E-state index in [1.165, 1.54) is 10.5 Å². The molecule has 3 heterocycles. The molecule has 1 N–H and O–H groups in total. The average Bonchev–Trinajstić information content (AvgIpc) is 3.68. The Morgan fingerprint density at radius 3 is 2.42 bits per heavy atom. The van der Waals surface area contributed by atoms with E-state index in [0.29, 0.717) is 29.9 Å². The summed E-state index contributed by atoms with van der Waals surface area (Å²) in [6.45, 7) is 8.47. The van der Waals surface area contributed by atoms with Gasteiger partial charge in [0, 0.05) is 19.1 Å². The molecule has 2 aromatic heterocycles. The van der Waals surface area contributed by atoms with Crippen LogP contribution < -0.4 is 10.5 Å². The molecule has 1 atom stereocenters. The van der Waals surface area contributed by atoms with Crippen LogP contribution in [-0.2, 0) is 4.74 Å². The maximum Gasteiger partial charge on any atom is 0.410 e. The molecule has 9 heteroatoms. The monoisotopic (exact) mass is 499 g/mol. The second-order valence-corrected chi connectivity index (χ2v) is 11.4. The van der Waals surface area contributed by atoms with Gasteiger partial charge in [-0.05, 0) is 89.3 Å². The molecule has 0 unspecified atom stereocenters. The van der Waals surface area contributed by atoms with Crippen LogP contribution in [0.5, 0.6) is 0 Å². The third-order valence-electron chi connectivity index (χ3n) is 7.34. The number of fused-ring (bicyclic) bond motifs is 1. The zero-order valence-electron chi connectivity index (χ0n) is 21.3. The predicted molar refractivity (Wildman–Crippen MR) is 134 cm³/mol. The highest BCUT2D eigenvalue weighted by atomic mass is 19.1. The zero-order chi connectivity index (χ0) is 25.9. The van der Waals surface area contributed by atoms with Crippen LogP contribution in [0, 0.1) is 12.7 Å². The van der Waals surface area contributed by atoms with Gasteiger partial charge in [0.05, 0.1) is 23.4 Å². The molecule has 0 spiro atoms. The first-order valence-corrected chi connectivity index (χ1v) is 12.8. The summed E-state index contributed by atoms with van der Waals surface area (Å²) < 4.78 is 22.5. The van der Waals surface area contributed by atoms with E-state index >= 15 is 4.39 Å². The van der Waals surface area contributed by atoms with E-state index in [-0.39, 0.29) is 29.7 Å². The van der Waals surface area contributed by atoms with Crippen LogP contribution in [0.25, 0.3) is 5.52 Å². The van der Waals surface area contributed by atoms with Crippen molar-refractivity contribution in [2.24, 2.45) is 0 Å². The molecule has 0 aromatic carbocycles. The third kappa shape index (κ3) is 4.55. The van der Waals surface area contributed by atoms with Crippen molar-refractivity contribution in [2.75, 3.05) is 18.0 Å². The number of aromatic nitrogens is 1. The predicted octanol–water partition coefficient (Wildman–Crippen LogP) is 4.69. The molecule has 0 bridgehead atoms. The molecule has 0 radical (unpaired) electrons. The molecule has 3 aliphatic rings. The fraction of sp³-hybridized carbons (Fsp3) is 0.593. The number of anilines is 1. The molecule has 1 saturated heterocycles. The van der Waals surface area contributed by atoms with Crippen LogP contribution in [0.4, 0.5) is 14.9 Å². The maximum absolute atomic E-state index is 15.7. The van der Waals surface area contributed by atoms with Crippen LogP contribution in [-0.4, -0.2) is 57.2 Å². The minimum Gasteiger partial charge on any atom is -0.477 e. The standard InChI is InChI=1S/C27H34FN3O5/c1-15-22-19(16-7-8-16)12-20(25(33)34)24(32)30(22)14-21(28)23(15)29-11-5-6-18(13-29)31(17-9-10-17)26(35)36-27(2,3)4/h12,14,16-18H,5-11,13H2,1-4H3,(H,33,34)/t18-/m0/s1. The number of hydrogen-bond acceptors (Lipinski definition) is 5. The van der Waals surface area contributed by atoms with Gasteiger partial charge >= 0.3 is 12.1 Å². The molecule has 194 valence electrons. The van der Waals surface area contributed by atoms with Gasteiger partial charge in [0.15, 0.2) is 5.82 Å². The van der Waals surface area contributed by atoms with Crippen LogP contribution in [0.1, 0.15) is 86.7 Å². The van der Waals surface area contributed by atoms with Crippen molar-refractivity contribution in [3.8, 4) is 0 Å². The quantitative estimate of drug-likeness (QED) is 0.642. The van der Waals surface area contributed by atoms with Crippen molar-refractivity contribution in [3.05, 3.63) is 45.1 Å². The van der Waals surface area contributed by atoms with E-state index in [4.69, 9.17) is 4.74 Å². The zero-order valence-corrected chi connectivity index (χ0v) is 21.3.